The summed E-state index contributed by atoms with van der Waals surface area (Å²) in [5.74, 6) is 0.469. The molecule has 0 saturated heterocycles. The first-order valence-corrected chi connectivity index (χ1v) is 13.2. The minimum Gasteiger partial charge on any atom is -0.341 e. The molecule has 1 unspecified atom stereocenters. The Labute approximate surface area is 222 Å². The van der Waals surface area contributed by atoms with E-state index in [1.807, 2.05) is 42.7 Å². The number of H-pyrrole nitrogens is 1. The quantitative estimate of drug-likeness (QED) is 0.262. The third-order valence-electron chi connectivity index (χ3n) is 7.24. The highest BCUT2D eigenvalue weighted by atomic mass is 19.1. The standard InChI is InChI=1S/C31H31FN6/c32-26-9-4-10-27-31(26)37-29(36-27)21-38(28-11-3-6-24-7-5-17-35-30(24)28)20-23-14-12-22(13-15-23)18-33-19-25-8-1-2-16-34-25/h1-2,4-5,7-10,12-17,28,33H,3,6,11,18-21H2,(H,36,37). The van der Waals surface area contributed by atoms with Gasteiger partial charge >= 0.3 is 0 Å². The van der Waals surface area contributed by atoms with Crippen molar-refractivity contribution in [2.45, 2.75) is 51.5 Å². The van der Waals surface area contributed by atoms with Gasteiger partial charge in [-0.1, -0.05) is 42.5 Å². The summed E-state index contributed by atoms with van der Waals surface area (Å²) in [6.07, 6.45) is 6.92. The van der Waals surface area contributed by atoms with Gasteiger partial charge in [-0.2, -0.15) is 0 Å². The molecule has 6 nitrogen and oxygen atoms in total. The number of benzene rings is 2. The first-order valence-electron chi connectivity index (χ1n) is 13.2. The van der Waals surface area contributed by atoms with Gasteiger partial charge < -0.3 is 10.3 Å². The van der Waals surface area contributed by atoms with Crippen molar-refractivity contribution in [2.24, 2.45) is 0 Å². The fourth-order valence-electron chi connectivity index (χ4n) is 5.37. The Morgan fingerprint density at radius 3 is 2.58 bits per heavy atom. The molecule has 1 aliphatic rings. The zero-order valence-corrected chi connectivity index (χ0v) is 21.3. The maximum Gasteiger partial charge on any atom is 0.151 e. The van der Waals surface area contributed by atoms with Gasteiger partial charge in [0.1, 0.15) is 11.3 Å². The average molecular weight is 507 g/mol. The van der Waals surface area contributed by atoms with Crippen LogP contribution in [0.25, 0.3) is 11.0 Å². The van der Waals surface area contributed by atoms with Crippen LogP contribution < -0.4 is 5.32 Å². The average Bonchev–Trinajstić information content (AvgIpc) is 3.38. The number of aromatic nitrogens is 4. The minimum atomic E-state index is -0.298. The van der Waals surface area contributed by atoms with Crippen LogP contribution in [-0.2, 0) is 32.6 Å². The number of nitrogens with zero attached hydrogens (tertiary/aromatic N) is 4. The molecule has 0 bridgehead atoms. The molecule has 5 aromatic rings. The molecule has 0 amide bonds. The maximum absolute atomic E-state index is 14.3. The van der Waals surface area contributed by atoms with E-state index in [9.17, 15) is 4.39 Å². The van der Waals surface area contributed by atoms with Crippen LogP contribution in [0.15, 0.2) is 85.2 Å². The summed E-state index contributed by atoms with van der Waals surface area (Å²) >= 11 is 0. The molecule has 0 spiro atoms. The highest BCUT2D eigenvalue weighted by molar-refractivity contribution is 5.75. The Bertz CT molecular complexity index is 1500. The highest BCUT2D eigenvalue weighted by Gasteiger charge is 2.28. The zero-order chi connectivity index (χ0) is 25.7. The Kier molecular flexibility index (Phi) is 7.20. The third-order valence-corrected chi connectivity index (χ3v) is 7.24. The van der Waals surface area contributed by atoms with E-state index in [0.717, 1.165) is 61.6 Å². The lowest BCUT2D eigenvalue weighted by Gasteiger charge is -2.34. The number of imidazole rings is 1. The number of rotatable bonds is 9. The number of para-hydroxylation sites is 1. The van der Waals surface area contributed by atoms with Crippen molar-refractivity contribution in [3.05, 3.63) is 125 Å². The summed E-state index contributed by atoms with van der Waals surface area (Å²) in [6, 6.07) is 24.2. The topological polar surface area (TPSA) is 69.7 Å². The summed E-state index contributed by atoms with van der Waals surface area (Å²) in [5, 5.41) is 3.47. The molecule has 2 aromatic carbocycles. The van der Waals surface area contributed by atoms with E-state index in [1.165, 1.54) is 22.8 Å². The molecule has 1 atom stereocenters. The molecular weight excluding hydrogens is 475 g/mol. The van der Waals surface area contributed by atoms with Crippen LogP contribution in [0.4, 0.5) is 4.39 Å². The van der Waals surface area contributed by atoms with Crippen molar-refractivity contribution in [3.8, 4) is 0 Å². The lowest BCUT2D eigenvalue weighted by molar-refractivity contribution is 0.153. The Morgan fingerprint density at radius 1 is 0.868 bits per heavy atom. The van der Waals surface area contributed by atoms with E-state index in [1.54, 1.807) is 6.07 Å². The SMILES string of the molecule is Fc1cccc2[nH]c(CN(Cc3ccc(CNCc4ccccn4)cc3)C3CCCc4cccnc43)nc12. The number of aromatic amines is 1. The van der Waals surface area contributed by atoms with E-state index >= 15 is 0 Å². The van der Waals surface area contributed by atoms with Crippen molar-refractivity contribution in [2.75, 3.05) is 0 Å². The van der Waals surface area contributed by atoms with Crippen molar-refractivity contribution in [3.63, 3.8) is 0 Å². The Hall–Kier alpha value is -3.94. The number of fused-ring (bicyclic) bond motifs is 2. The lowest BCUT2D eigenvalue weighted by Crippen LogP contribution is -2.31. The van der Waals surface area contributed by atoms with E-state index in [0.29, 0.717) is 12.1 Å². The smallest absolute Gasteiger partial charge is 0.151 e. The molecular formula is C31H31FN6. The molecule has 3 aromatic heterocycles. The molecule has 0 fully saturated rings. The van der Waals surface area contributed by atoms with Crippen LogP contribution in [-0.4, -0.2) is 24.8 Å². The normalized spacial score (nSPS) is 15.2. The van der Waals surface area contributed by atoms with E-state index in [-0.39, 0.29) is 11.9 Å². The van der Waals surface area contributed by atoms with Crippen LogP contribution in [0, 0.1) is 5.82 Å². The van der Waals surface area contributed by atoms with Gasteiger partial charge in [-0.15, -0.1) is 0 Å². The summed E-state index contributed by atoms with van der Waals surface area (Å²) in [5.41, 5.74) is 7.08. The van der Waals surface area contributed by atoms with Crippen molar-refractivity contribution >= 4 is 11.0 Å². The monoisotopic (exact) mass is 506 g/mol. The molecule has 3 heterocycles. The highest BCUT2D eigenvalue weighted by Crippen LogP contribution is 2.34. The fourth-order valence-corrected chi connectivity index (χ4v) is 5.37. The summed E-state index contributed by atoms with van der Waals surface area (Å²) in [7, 11) is 0. The molecule has 0 radical (unpaired) electrons. The minimum absolute atomic E-state index is 0.178. The number of hydrogen-bond acceptors (Lipinski definition) is 5. The number of hydrogen-bond donors (Lipinski definition) is 2. The number of nitrogens with one attached hydrogen (secondary N) is 2. The van der Waals surface area contributed by atoms with Crippen LogP contribution >= 0.6 is 0 Å². The van der Waals surface area contributed by atoms with Crippen molar-refractivity contribution in [1.29, 1.82) is 0 Å². The summed E-state index contributed by atoms with van der Waals surface area (Å²) in [4.78, 5) is 19.5. The van der Waals surface area contributed by atoms with Crippen LogP contribution in [0.5, 0.6) is 0 Å². The molecule has 2 N–H and O–H groups in total. The van der Waals surface area contributed by atoms with Gasteiger partial charge in [-0.3, -0.25) is 14.9 Å². The van der Waals surface area contributed by atoms with Crippen LogP contribution in [0.3, 0.4) is 0 Å². The van der Waals surface area contributed by atoms with Gasteiger partial charge in [-0.05, 0) is 66.3 Å². The Balaban J connectivity index is 1.21. The van der Waals surface area contributed by atoms with Gasteiger partial charge in [0, 0.05) is 32.0 Å². The van der Waals surface area contributed by atoms with Crippen LogP contribution in [0.2, 0.25) is 0 Å². The fraction of sp³-hybridized carbons (Fsp3) is 0.258. The molecule has 0 aliphatic heterocycles. The second-order valence-corrected chi connectivity index (χ2v) is 9.92. The second kappa shape index (κ2) is 11.2. The largest absolute Gasteiger partial charge is 0.341 e. The van der Waals surface area contributed by atoms with E-state index in [2.05, 4.69) is 55.5 Å². The summed E-state index contributed by atoms with van der Waals surface area (Å²) < 4.78 is 14.3. The van der Waals surface area contributed by atoms with Gasteiger partial charge in [0.15, 0.2) is 5.82 Å². The third kappa shape index (κ3) is 5.49. The number of aryl methyl sites for hydroxylation is 1. The molecule has 192 valence electrons. The van der Waals surface area contributed by atoms with E-state index < -0.39 is 0 Å². The second-order valence-electron chi connectivity index (χ2n) is 9.92. The van der Waals surface area contributed by atoms with Crippen molar-refractivity contribution in [1.82, 2.24) is 30.2 Å². The first kappa shape index (κ1) is 24.4. The lowest BCUT2D eigenvalue weighted by atomic mass is 9.90. The van der Waals surface area contributed by atoms with E-state index in [4.69, 9.17) is 4.98 Å². The zero-order valence-electron chi connectivity index (χ0n) is 21.3. The van der Waals surface area contributed by atoms with Gasteiger partial charge in [-0.25, -0.2) is 9.37 Å². The number of halogens is 1. The Morgan fingerprint density at radius 2 is 1.74 bits per heavy atom. The summed E-state index contributed by atoms with van der Waals surface area (Å²) in [6.45, 7) is 2.86. The molecule has 1 aliphatic carbocycles. The van der Waals surface area contributed by atoms with Gasteiger partial charge in [0.2, 0.25) is 0 Å². The van der Waals surface area contributed by atoms with Gasteiger partial charge in [0.25, 0.3) is 0 Å². The van der Waals surface area contributed by atoms with Crippen molar-refractivity contribution < 1.29 is 4.39 Å². The first-order chi connectivity index (χ1) is 18.7. The molecule has 38 heavy (non-hydrogen) atoms. The number of pyridine rings is 2. The van der Waals surface area contributed by atoms with Crippen LogP contribution in [0.1, 0.15) is 52.8 Å². The van der Waals surface area contributed by atoms with Gasteiger partial charge in [0.05, 0.1) is 29.5 Å². The maximum atomic E-state index is 14.3. The predicted molar refractivity (Wildman–Crippen MR) is 146 cm³/mol. The molecule has 7 heteroatoms. The molecule has 0 saturated carbocycles. The molecule has 6 rings (SSSR count). The predicted octanol–water partition coefficient (Wildman–Crippen LogP) is 5.86.